The minimum absolute atomic E-state index is 0.00718. The van der Waals surface area contributed by atoms with Gasteiger partial charge in [-0.05, 0) is 26.8 Å². The third-order valence-corrected chi connectivity index (χ3v) is 1.99. The first-order chi connectivity index (χ1) is 7.50. The maximum absolute atomic E-state index is 10.7. The fourth-order valence-electron chi connectivity index (χ4n) is 1.18. The number of pyridine rings is 1. The predicted molar refractivity (Wildman–Crippen MR) is 63.5 cm³/mol. The second-order valence-electron chi connectivity index (χ2n) is 3.74. The second kappa shape index (κ2) is 5.25. The van der Waals surface area contributed by atoms with Crippen molar-refractivity contribution in [2.24, 2.45) is 0 Å². The molecule has 1 heterocycles. The lowest BCUT2D eigenvalue weighted by atomic mass is 10.3. The Morgan fingerprint density at radius 1 is 1.56 bits per heavy atom. The average Bonchev–Trinajstić information content (AvgIpc) is 2.16. The van der Waals surface area contributed by atoms with Crippen molar-refractivity contribution in [3.8, 4) is 0 Å². The van der Waals surface area contributed by atoms with Gasteiger partial charge in [0.25, 0.3) is 0 Å². The molecule has 0 aliphatic carbocycles. The quantitative estimate of drug-likeness (QED) is 0.482. The number of aryl methyl sites for hydroxylation is 1. The fourth-order valence-corrected chi connectivity index (χ4v) is 1.18. The van der Waals surface area contributed by atoms with E-state index >= 15 is 0 Å². The maximum Gasteiger partial charge on any atom is 0.311 e. The van der Waals surface area contributed by atoms with Gasteiger partial charge >= 0.3 is 5.69 Å². The van der Waals surface area contributed by atoms with Crippen LogP contribution < -0.4 is 5.32 Å². The van der Waals surface area contributed by atoms with Crippen LogP contribution in [0.25, 0.3) is 0 Å². The molecule has 0 amide bonds. The lowest BCUT2D eigenvalue weighted by Crippen LogP contribution is -2.05. The van der Waals surface area contributed by atoms with Crippen LogP contribution in [0.1, 0.15) is 19.5 Å². The minimum Gasteiger partial charge on any atom is -0.361 e. The Hall–Kier alpha value is -1.91. The summed E-state index contributed by atoms with van der Waals surface area (Å²) in [6, 6.07) is 3.09. The van der Waals surface area contributed by atoms with Crippen LogP contribution in [0.3, 0.4) is 0 Å². The SMILES string of the molecule is CC(C)=CCNc1nc(C)ccc1[N+](=O)[O-]. The van der Waals surface area contributed by atoms with Crippen molar-refractivity contribution >= 4 is 11.5 Å². The molecule has 1 rings (SSSR count). The first kappa shape index (κ1) is 12.2. The third kappa shape index (κ3) is 3.34. The summed E-state index contributed by atoms with van der Waals surface area (Å²) in [7, 11) is 0. The summed E-state index contributed by atoms with van der Waals surface area (Å²) in [5.41, 5.74) is 1.92. The van der Waals surface area contributed by atoms with E-state index < -0.39 is 4.92 Å². The predicted octanol–water partition coefficient (Wildman–Crippen LogP) is 2.68. The van der Waals surface area contributed by atoms with Gasteiger partial charge in [-0.3, -0.25) is 10.1 Å². The summed E-state index contributed by atoms with van der Waals surface area (Å²) >= 11 is 0. The number of nitrogens with one attached hydrogen (secondary N) is 1. The Balaban J connectivity index is 2.88. The molecule has 0 atom stereocenters. The number of hydrogen-bond acceptors (Lipinski definition) is 4. The number of aromatic nitrogens is 1. The van der Waals surface area contributed by atoms with Crippen molar-refractivity contribution in [3.05, 3.63) is 39.6 Å². The van der Waals surface area contributed by atoms with Gasteiger partial charge in [0.15, 0.2) is 0 Å². The number of rotatable bonds is 4. The summed E-state index contributed by atoms with van der Waals surface area (Å²) < 4.78 is 0. The van der Waals surface area contributed by atoms with E-state index in [-0.39, 0.29) is 5.69 Å². The molecule has 0 saturated carbocycles. The number of allylic oxidation sites excluding steroid dienone is 1. The van der Waals surface area contributed by atoms with E-state index in [1.165, 1.54) is 6.07 Å². The molecule has 1 aromatic heterocycles. The van der Waals surface area contributed by atoms with Crippen LogP contribution >= 0.6 is 0 Å². The van der Waals surface area contributed by atoms with Crippen LogP contribution in [0, 0.1) is 17.0 Å². The van der Waals surface area contributed by atoms with Gasteiger partial charge in [0.1, 0.15) is 0 Å². The molecule has 1 N–H and O–H groups in total. The fraction of sp³-hybridized carbons (Fsp3) is 0.364. The molecule has 0 bridgehead atoms. The smallest absolute Gasteiger partial charge is 0.311 e. The van der Waals surface area contributed by atoms with E-state index in [9.17, 15) is 10.1 Å². The van der Waals surface area contributed by atoms with Gasteiger partial charge in [-0.25, -0.2) is 4.98 Å². The lowest BCUT2D eigenvalue weighted by Gasteiger charge is -2.04. The first-order valence-corrected chi connectivity index (χ1v) is 5.00. The molecule has 0 aliphatic rings. The number of anilines is 1. The zero-order valence-electron chi connectivity index (χ0n) is 9.65. The van der Waals surface area contributed by atoms with E-state index in [1.54, 1.807) is 13.0 Å². The highest BCUT2D eigenvalue weighted by Crippen LogP contribution is 2.21. The zero-order valence-corrected chi connectivity index (χ0v) is 9.65. The lowest BCUT2D eigenvalue weighted by molar-refractivity contribution is -0.384. The van der Waals surface area contributed by atoms with E-state index in [1.807, 2.05) is 19.9 Å². The van der Waals surface area contributed by atoms with E-state index in [4.69, 9.17) is 0 Å². The molecule has 0 radical (unpaired) electrons. The molecule has 5 nitrogen and oxygen atoms in total. The largest absolute Gasteiger partial charge is 0.361 e. The van der Waals surface area contributed by atoms with Crippen LogP contribution in [0.2, 0.25) is 0 Å². The van der Waals surface area contributed by atoms with Gasteiger partial charge < -0.3 is 5.32 Å². The van der Waals surface area contributed by atoms with E-state index in [0.29, 0.717) is 12.4 Å². The van der Waals surface area contributed by atoms with Crippen LogP contribution in [-0.4, -0.2) is 16.5 Å². The highest BCUT2D eigenvalue weighted by molar-refractivity contribution is 5.56. The first-order valence-electron chi connectivity index (χ1n) is 5.00. The molecule has 0 aliphatic heterocycles. The molecular weight excluding hydrogens is 206 g/mol. The third-order valence-electron chi connectivity index (χ3n) is 1.99. The Kier molecular flexibility index (Phi) is 3.99. The van der Waals surface area contributed by atoms with E-state index in [2.05, 4.69) is 10.3 Å². The van der Waals surface area contributed by atoms with Crippen molar-refractivity contribution in [1.82, 2.24) is 4.98 Å². The monoisotopic (exact) mass is 221 g/mol. The molecule has 5 heteroatoms. The van der Waals surface area contributed by atoms with Crippen molar-refractivity contribution in [3.63, 3.8) is 0 Å². The molecule has 0 fully saturated rings. The van der Waals surface area contributed by atoms with Crippen LogP contribution in [-0.2, 0) is 0 Å². The number of hydrogen-bond donors (Lipinski definition) is 1. The zero-order chi connectivity index (χ0) is 12.1. The van der Waals surface area contributed by atoms with Gasteiger partial charge in [0, 0.05) is 18.3 Å². The molecule has 16 heavy (non-hydrogen) atoms. The van der Waals surface area contributed by atoms with Gasteiger partial charge in [-0.1, -0.05) is 11.6 Å². The summed E-state index contributed by atoms with van der Waals surface area (Å²) in [5, 5.41) is 13.7. The average molecular weight is 221 g/mol. The molecule has 0 spiro atoms. The highest BCUT2D eigenvalue weighted by atomic mass is 16.6. The van der Waals surface area contributed by atoms with Gasteiger partial charge in [0.05, 0.1) is 4.92 Å². The van der Waals surface area contributed by atoms with Crippen molar-refractivity contribution in [2.45, 2.75) is 20.8 Å². The molecule has 1 aromatic rings. The molecule has 0 aromatic carbocycles. The standard InChI is InChI=1S/C11H15N3O2/c1-8(2)6-7-12-11-10(14(15)16)5-4-9(3)13-11/h4-6H,7H2,1-3H3,(H,12,13). The van der Waals surface area contributed by atoms with Gasteiger partial charge in [-0.15, -0.1) is 0 Å². The van der Waals surface area contributed by atoms with E-state index in [0.717, 1.165) is 11.3 Å². The highest BCUT2D eigenvalue weighted by Gasteiger charge is 2.13. The number of nitrogens with zero attached hydrogens (tertiary/aromatic N) is 2. The summed E-state index contributed by atoms with van der Waals surface area (Å²) in [4.78, 5) is 14.4. The second-order valence-corrected chi connectivity index (χ2v) is 3.74. The van der Waals surface area contributed by atoms with Crippen LogP contribution in [0.15, 0.2) is 23.8 Å². The number of nitro groups is 1. The minimum atomic E-state index is -0.433. The molecule has 0 saturated heterocycles. The summed E-state index contributed by atoms with van der Waals surface area (Å²) in [6.07, 6.45) is 1.95. The van der Waals surface area contributed by atoms with Crippen molar-refractivity contribution in [2.75, 3.05) is 11.9 Å². The van der Waals surface area contributed by atoms with Crippen LogP contribution in [0.4, 0.5) is 11.5 Å². The van der Waals surface area contributed by atoms with Crippen LogP contribution in [0.5, 0.6) is 0 Å². The Bertz CT molecular complexity index is 423. The Labute approximate surface area is 94.4 Å². The maximum atomic E-state index is 10.7. The topological polar surface area (TPSA) is 68.1 Å². The normalized spacial score (nSPS) is 9.69. The summed E-state index contributed by atoms with van der Waals surface area (Å²) in [5.74, 6) is 0.322. The van der Waals surface area contributed by atoms with Crippen molar-refractivity contribution in [1.29, 1.82) is 0 Å². The molecule has 0 unspecified atom stereocenters. The Morgan fingerprint density at radius 3 is 2.81 bits per heavy atom. The van der Waals surface area contributed by atoms with Gasteiger partial charge in [-0.2, -0.15) is 0 Å². The summed E-state index contributed by atoms with van der Waals surface area (Å²) in [6.45, 7) is 6.29. The molecule has 86 valence electrons. The Morgan fingerprint density at radius 2 is 2.25 bits per heavy atom. The van der Waals surface area contributed by atoms with Gasteiger partial charge in [0.2, 0.25) is 5.82 Å². The van der Waals surface area contributed by atoms with Crippen molar-refractivity contribution < 1.29 is 4.92 Å². The molecular formula is C11H15N3O2.